The Kier molecular flexibility index (Phi) is 6.89. The quantitative estimate of drug-likeness (QED) is 0.695. The molecule has 1 heterocycles. The van der Waals surface area contributed by atoms with Crippen molar-refractivity contribution in [1.29, 1.82) is 0 Å². The first-order chi connectivity index (χ1) is 13.1. The number of hydrogen-bond acceptors (Lipinski definition) is 3. The molecule has 1 N–H and O–H groups in total. The normalized spacial score (nSPS) is 14.6. The summed E-state index contributed by atoms with van der Waals surface area (Å²) >= 11 is 6.12. The van der Waals surface area contributed by atoms with Crippen molar-refractivity contribution in [3.05, 3.63) is 40.4 Å². The highest BCUT2D eigenvalue weighted by atomic mass is 35.5. The van der Waals surface area contributed by atoms with Crippen LogP contribution in [0.15, 0.2) is 18.2 Å². The van der Waals surface area contributed by atoms with Crippen LogP contribution < -0.4 is 5.32 Å². The lowest BCUT2D eigenvalue weighted by Crippen LogP contribution is -2.15. The maximum Gasteiger partial charge on any atom is 0.224 e. The molecular formula is C21H29ClN4O. The number of carbonyl (C=O) groups excluding carboxylic acids is 1. The molecule has 6 heteroatoms. The van der Waals surface area contributed by atoms with Gasteiger partial charge < -0.3 is 9.88 Å². The topological polar surface area (TPSA) is 59.8 Å². The van der Waals surface area contributed by atoms with Crippen molar-refractivity contribution in [3.8, 4) is 0 Å². The monoisotopic (exact) mass is 388 g/mol. The zero-order chi connectivity index (χ0) is 19.2. The van der Waals surface area contributed by atoms with Gasteiger partial charge in [-0.2, -0.15) is 0 Å². The van der Waals surface area contributed by atoms with E-state index in [9.17, 15) is 4.79 Å². The maximum absolute atomic E-state index is 12.3. The van der Waals surface area contributed by atoms with Crippen LogP contribution >= 0.6 is 11.6 Å². The van der Waals surface area contributed by atoms with Gasteiger partial charge in [0.25, 0.3) is 0 Å². The standard InChI is InChI=1S/C21H29ClN4O/c1-3-26-19(12-11-16-7-4-5-8-16)24-25-20(26)13-14-21(27)23-18-10-6-9-17(22)15(18)2/h6,9-10,16H,3-5,7-8,11-14H2,1-2H3,(H,23,27). The summed E-state index contributed by atoms with van der Waals surface area (Å²) in [5.41, 5.74) is 1.65. The maximum atomic E-state index is 12.3. The van der Waals surface area contributed by atoms with Crippen LogP contribution in [0.4, 0.5) is 5.69 Å². The van der Waals surface area contributed by atoms with E-state index in [0.717, 1.165) is 41.8 Å². The van der Waals surface area contributed by atoms with Crippen LogP contribution in [0.2, 0.25) is 5.02 Å². The molecule has 1 aromatic carbocycles. The minimum absolute atomic E-state index is 0.0291. The van der Waals surface area contributed by atoms with Gasteiger partial charge in [-0.05, 0) is 43.9 Å². The second kappa shape index (κ2) is 9.36. The van der Waals surface area contributed by atoms with Crippen LogP contribution in [0, 0.1) is 12.8 Å². The molecule has 2 aromatic rings. The average molecular weight is 389 g/mol. The number of nitrogens with zero attached hydrogens (tertiary/aromatic N) is 3. The first kappa shape index (κ1) is 19.9. The molecule has 0 spiro atoms. The number of aryl methyl sites for hydroxylation is 2. The van der Waals surface area contributed by atoms with Crippen molar-refractivity contribution >= 4 is 23.2 Å². The smallest absolute Gasteiger partial charge is 0.224 e. The van der Waals surface area contributed by atoms with E-state index in [-0.39, 0.29) is 5.91 Å². The summed E-state index contributed by atoms with van der Waals surface area (Å²) < 4.78 is 2.17. The molecule has 5 nitrogen and oxygen atoms in total. The van der Waals surface area contributed by atoms with Crippen LogP contribution in [0.25, 0.3) is 0 Å². The predicted molar refractivity (Wildman–Crippen MR) is 109 cm³/mol. The highest BCUT2D eigenvalue weighted by Crippen LogP contribution is 2.28. The molecule has 1 amide bonds. The fourth-order valence-electron chi connectivity index (χ4n) is 3.92. The van der Waals surface area contributed by atoms with Gasteiger partial charge in [-0.3, -0.25) is 4.79 Å². The highest BCUT2D eigenvalue weighted by Gasteiger charge is 2.18. The van der Waals surface area contributed by atoms with E-state index in [1.165, 1.54) is 32.1 Å². The Morgan fingerprint density at radius 2 is 1.93 bits per heavy atom. The molecule has 1 aliphatic carbocycles. The van der Waals surface area contributed by atoms with Gasteiger partial charge in [0, 0.05) is 36.5 Å². The summed E-state index contributed by atoms with van der Waals surface area (Å²) in [6.07, 6.45) is 8.62. The molecule has 0 saturated heterocycles. The molecular weight excluding hydrogens is 360 g/mol. The Balaban J connectivity index is 1.55. The lowest BCUT2D eigenvalue weighted by molar-refractivity contribution is -0.116. The Morgan fingerprint density at radius 3 is 2.63 bits per heavy atom. The zero-order valence-corrected chi connectivity index (χ0v) is 17.1. The number of anilines is 1. The number of nitrogens with one attached hydrogen (secondary N) is 1. The molecule has 1 fully saturated rings. The van der Waals surface area contributed by atoms with Crippen molar-refractivity contribution in [2.24, 2.45) is 5.92 Å². The Hall–Kier alpha value is -1.88. The van der Waals surface area contributed by atoms with Crippen LogP contribution in [-0.4, -0.2) is 20.7 Å². The molecule has 0 bridgehead atoms. The van der Waals surface area contributed by atoms with Gasteiger partial charge in [-0.15, -0.1) is 10.2 Å². The van der Waals surface area contributed by atoms with Crippen LogP contribution in [0.1, 0.15) is 62.7 Å². The Morgan fingerprint density at radius 1 is 1.22 bits per heavy atom. The molecule has 3 rings (SSSR count). The van der Waals surface area contributed by atoms with E-state index in [4.69, 9.17) is 11.6 Å². The van der Waals surface area contributed by atoms with Gasteiger partial charge in [0.15, 0.2) is 0 Å². The minimum Gasteiger partial charge on any atom is -0.326 e. The highest BCUT2D eigenvalue weighted by molar-refractivity contribution is 6.31. The number of benzene rings is 1. The summed E-state index contributed by atoms with van der Waals surface area (Å²) in [7, 11) is 0. The molecule has 27 heavy (non-hydrogen) atoms. The van der Waals surface area contributed by atoms with Gasteiger partial charge in [-0.1, -0.05) is 43.4 Å². The van der Waals surface area contributed by atoms with Crippen LogP contribution in [0.3, 0.4) is 0 Å². The van der Waals surface area contributed by atoms with Gasteiger partial charge in [0.2, 0.25) is 5.91 Å². The van der Waals surface area contributed by atoms with Gasteiger partial charge in [0.1, 0.15) is 11.6 Å². The molecule has 1 aromatic heterocycles. The van der Waals surface area contributed by atoms with Crippen LogP contribution in [0.5, 0.6) is 0 Å². The molecule has 0 unspecified atom stereocenters. The molecule has 146 valence electrons. The Bertz CT molecular complexity index is 780. The largest absolute Gasteiger partial charge is 0.326 e. The van der Waals surface area contributed by atoms with Gasteiger partial charge >= 0.3 is 0 Å². The molecule has 1 aliphatic rings. The first-order valence-corrected chi connectivity index (χ1v) is 10.4. The lowest BCUT2D eigenvalue weighted by Gasteiger charge is -2.11. The van der Waals surface area contributed by atoms with Crippen LogP contribution in [-0.2, 0) is 24.2 Å². The molecule has 0 aliphatic heterocycles. The van der Waals surface area contributed by atoms with Crippen molar-refractivity contribution in [3.63, 3.8) is 0 Å². The van der Waals surface area contributed by atoms with E-state index < -0.39 is 0 Å². The zero-order valence-electron chi connectivity index (χ0n) is 16.3. The summed E-state index contributed by atoms with van der Waals surface area (Å²) in [5, 5.41) is 12.4. The van der Waals surface area contributed by atoms with E-state index in [1.54, 1.807) is 0 Å². The van der Waals surface area contributed by atoms with Crippen molar-refractivity contribution in [2.75, 3.05) is 5.32 Å². The average Bonchev–Trinajstić information content (AvgIpc) is 3.31. The number of hydrogen-bond donors (Lipinski definition) is 1. The second-order valence-electron chi connectivity index (χ2n) is 7.43. The number of amides is 1. The number of carbonyl (C=O) groups is 1. The summed E-state index contributed by atoms with van der Waals surface area (Å²) in [6.45, 7) is 4.86. The predicted octanol–water partition coefficient (Wildman–Crippen LogP) is 4.95. The number of aromatic nitrogens is 3. The van der Waals surface area contributed by atoms with Gasteiger partial charge in [0.05, 0.1) is 0 Å². The number of rotatable bonds is 8. The Labute approximate surface area is 166 Å². The third kappa shape index (κ3) is 5.10. The fraction of sp³-hybridized carbons (Fsp3) is 0.571. The second-order valence-corrected chi connectivity index (χ2v) is 7.83. The van der Waals surface area contributed by atoms with E-state index in [1.807, 2.05) is 25.1 Å². The molecule has 0 atom stereocenters. The van der Waals surface area contributed by atoms with Crippen molar-refractivity contribution in [1.82, 2.24) is 14.8 Å². The van der Waals surface area contributed by atoms with E-state index in [0.29, 0.717) is 17.9 Å². The third-order valence-corrected chi connectivity index (χ3v) is 6.00. The van der Waals surface area contributed by atoms with Crippen molar-refractivity contribution in [2.45, 2.75) is 71.8 Å². The number of halogens is 1. The SMILES string of the molecule is CCn1c(CCC(=O)Nc2cccc(Cl)c2C)nnc1CCC1CCCC1. The first-order valence-electron chi connectivity index (χ1n) is 10.0. The summed E-state index contributed by atoms with van der Waals surface area (Å²) in [5.74, 6) is 2.78. The van der Waals surface area contributed by atoms with E-state index in [2.05, 4.69) is 27.0 Å². The fourth-order valence-corrected chi connectivity index (χ4v) is 4.10. The van der Waals surface area contributed by atoms with E-state index >= 15 is 0 Å². The lowest BCUT2D eigenvalue weighted by atomic mass is 10.0. The summed E-state index contributed by atoms with van der Waals surface area (Å²) in [4.78, 5) is 12.3. The van der Waals surface area contributed by atoms with Gasteiger partial charge in [-0.25, -0.2) is 0 Å². The molecule has 0 radical (unpaired) electrons. The molecule has 1 saturated carbocycles. The van der Waals surface area contributed by atoms with Crippen molar-refractivity contribution < 1.29 is 4.79 Å². The third-order valence-electron chi connectivity index (χ3n) is 5.59. The summed E-state index contributed by atoms with van der Waals surface area (Å²) in [6, 6.07) is 5.54. The minimum atomic E-state index is -0.0291.